The Morgan fingerprint density at radius 1 is 0.490 bits per heavy atom. The minimum Gasteiger partial charge on any atom is -0.341 e. The van der Waals surface area contributed by atoms with Gasteiger partial charge in [-0.15, -0.1) is 0 Å². The molecule has 6 aromatic carbocycles. The number of hydrogen-bond acceptors (Lipinski definition) is 2. The highest BCUT2D eigenvalue weighted by Crippen LogP contribution is 2.57. The van der Waals surface area contributed by atoms with Crippen LogP contribution in [0.4, 0.5) is 31.5 Å². The van der Waals surface area contributed by atoms with Crippen molar-refractivity contribution in [3.63, 3.8) is 0 Å². The molecule has 0 amide bonds. The summed E-state index contributed by atoms with van der Waals surface area (Å²) in [6, 6.07) is 41.1. The first-order valence-electron chi connectivity index (χ1n) is 16.6. The fourth-order valence-electron chi connectivity index (χ4n) is 7.19. The molecule has 0 aromatic heterocycles. The first-order valence-corrected chi connectivity index (χ1v) is 20.1. The maximum Gasteiger partial charge on any atom is 0.128 e. The molecule has 1 heterocycles. The molecule has 0 N–H and O–H groups in total. The van der Waals surface area contributed by atoms with Gasteiger partial charge in [0.05, 0.1) is 18.0 Å². The largest absolute Gasteiger partial charge is 0.341 e. The van der Waals surface area contributed by atoms with Crippen LogP contribution in [0.2, 0.25) is 0 Å². The molecule has 0 radical (unpaired) electrons. The first-order chi connectivity index (χ1) is 23.4. The lowest BCUT2D eigenvalue weighted by Crippen LogP contribution is -2.38. The van der Waals surface area contributed by atoms with Gasteiger partial charge in [-0.05, 0) is 124 Å². The van der Waals surface area contributed by atoms with Gasteiger partial charge in [-0.2, -0.15) is 0 Å². The van der Waals surface area contributed by atoms with Crippen molar-refractivity contribution in [2.24, 2.45) is 0 Å². The lowest BCUT2D eigenvalue weighted by Gasteiger charge is -2.36. The zero-order valence-electron chi connectivity index (χ0n) is 29.1. The molecule has 246 valence electrons. The number of rotatable bonds is 2. The van der Waals surface area contributed by atoms with Crippen molar-refractivity contribution in [1.82, 2.24) is 0 Å². The predicted octanol–water partition coefficient (Wildman–Crippen LogP) is 8.73. The Balaban J connectivity index is 1.68. The van der Waals surface area contributed by atoms with Gasteiger partial charge in [-0.1, -0.05) is 54.6 Å². The number of aryl methyl sites for hydroxylation is 4. The molecule has 0 unspecified atom stereocenters. The third-order valence-electron chi connectivity index (χ3n) is 9.81. The molecule has 7 rings (SSSR count). The van der Waals surface area contributed by atoms with E-state index in [-0.39, 0.29) is 11.6 Å². The summed E-state index contributed by atoms with van der Waals surface area (Å²) in [6.45, 7) is 10.8. The van der Waals surface area contributed by atoms with Crippen LogP contribution >= 0.6 is 15.2 Å². The lowest BCUT2D eigenvalue weighted by molar-refractivity contribution is 0.628. The Morgan fingerprint density at radius 2 is 0.918 bits per heavy atom. The van der Waals surface area contributed by atoms with E-state index in [2.05, 4.69) is 143 Å². The van der Waals surface area contributed by atoms with Crippen molar-refractivity contribution < 1.29 is 8.78 Å². The summed E-state index contributed by atoms with van der Waals surface area (Å²) in [5.74, 6) is -0.482. The van der Waals surface area contributed by atoms with Crippen molar-refractivity contribution in [3.05, 3.63) is 155 Å². The van der Waals surface area contributed by atoms with Gasteiger partial charge >= 0.3 is 0 Å². The van der Waals surface area contributed by atoms with Crippen LogP contribution in [-0.4, -0.2) is 20.8 Å². The zero-order chi connectivity index (χ0) is 34.6. The van der Waals surface area contributed by atoms with E-state index in [1.165, 1.54) is 22.7 Å². The number of anilines is 4. The Bertz CT molecular complexity index is 2120. The topological polar surface area (TPSA) is 6.48 Å². The smallest absolute Gasteiger partial charge is 0.128 e. The summed E-state index contributed by atoms with van der Waals surface area (Å²) in [5.41, 5.74) is 8.90. The van der Waals surface area contributed by atoms with Gasteiger partial charge in [0.15, 0.2) is 0 Å². The number of fused-ring (bicyclic) bond motifs is 4. The second kappa shape index (κ2) is 12.8. The van der Waals surface area contributed by atoms with Crippen molar-refractivity contribution in [2.75, 3.05) is 30.6 Å². The second-order valence-corrected chi connectivity index (χ2v) is 19.0. The van der Waals surface area contributed by atoms with Gasteiger partial charge in [0.2, 0.25) is 0 Å². The van der Waals surface area contributed by atoms with Crippen molar-refractivity contribution in [1.29, 1.82) is 0 Å². The molecule has 0 atom stereocenters. The molecule has 1 aliphatic heterocycles. The number of hydrogen-bond donors (Lipinski definition) is 0. The Kier molecular flexibility index (Phi) is 8.68. The fraction of sp³-hybridized carbons (Fsp3) is 0.163. The molecule has 6 heteroatoms. The summed E-state index contributed by atoms with van der Waals surface area (Å²) in [6.07, 6.45) is 0. The quantitative estimate of drug-likeness (QED) is 0.168. The predicted molar refractivity (Wildman–Crippen MR) is 211 cm³/mol. The maximum atomic E-state index is 15.3. The highest BCUT2D eigenvalue weighted by Gasteiger charge is 2.46. The summed E-state index contributed by atoms with van der Waals surface area (Å²) in [7, 11) is 0.597. The van der Waals surface area contributed by atoms with Crippen LogP contribution in [0.1, 0.15) is 22.3 Å². The monoisotopic (exact) mass is 685 g/mol. The third kappa shape index (κ3) is 5.86. The van der Waals surface area contributed by atoms with Crippen LogP contribution in [-0.2, 0) is 0 Å². The molecular weight excluding hydrogens is 644 g/mol. The molecule has 0 fully saturated rings. The van der Waals surface area contributed by atoms with Gasteiger partial charge in [0.25, 0.3) is 0 Å². The minimum atomic E-state index is -2.48. The number of benzene rings is 6. The van der Waals surface area contributed by atoms with Crippen LogP contribution < -0.4 is 41.6 Å². The van der Waals surface area contributed by atoms with Crippen molar-refractivity contribution in [2.45, 2.75) is 27.7 Å². The number of halogens is 2. The average molecular weight is 686 g/mol. The SMILES string of the molecule is Cc1ccc2c(c1)N(C)c1cc(C)ccc1[P+](C)(c1cccc(F)c1)c1ccc(C)cc1N(C)c1cc(C)ccc1P2c1cccc(F)c1. The van der Waals surface area contributed by atoms with Gasteiger partial charge in [0.1, 0.15) is 34.8 Å². The van der Waals surface area contributed by atoms with E-state index < -0.39 is 15.2 Å². The van der Waals surface area contributed by atoms with Crippen LogP contribution in [0.15, 0.2) is 121 Å². The average Bonchev–Trinajstić information content (AvgIpc) is 3.08. The van der Waals surface area contributed by atoms with Crippen LogP contribution in [0.5, 0.6) is 0 Å². The molecule has 0 bridgehead atoms. The molecular formula is C43H41F2N2P2+. The van der Waals surface area contributed by atoms with Gasteiger partial charge in [0, 0.05) is 42.1 Å². The Hall–Kier alpha value is -4.36. The summed E-state index contributed by atoms with van der Waals surface area (Å²) in [4.78, 5) is 4.65. The highest BCUT2D eigenvalue weighted by molar-refractivity contribution is 7.95. The molecule has 0 saturated carbocycles. The summed E-state index contributed by atoms with van der Waals surface area (Å²) >= 11 is 0. The maximum absolute atomic E-state index is 15.3. The summed E-state index contributed by atoms with van der Waals surface area (Å²) < 4.78 is 30.4. The van der Waals surface area contributed by atoms with Gasteiger partial charge in [-0.25, -0.2) is 8.78 Å². The van der Waals surface area contributed by atoms with Gasteiger partial charge in [-0.3, -0.25) is 0 Å². The Labute approximate surface area is 291 Å². The molecule has 6 aromatic rings. The first kappa shape index (κ1) is 33.2. The second-order valence-electron chi connectivity index (χ2n) is 13.4. The molecule has 0 aliphatic carbocycles. The molecule has 2 nitrogen and oxygen atoms in total. The van der Waals surface area contributed by atoms with E-state index in [1.807, 2.05) is 12.1 Å². The zero-order valence-corrected chi connectivity index (χ0v) is 30.9. The van der Waals surface area contributed by atoms with Crippen molar-refractivity contribution in [3.8, 4) is 0 Å². The van der Waals surface area contributed by atoms with E-state index in [9.17, 15) is 0 Å². The summed E-state index contributed by atoms with van der Waals surface area (Å²) in [5, 5.41) is 6.59. The highest BCUT2D eigenvalue weighted by atomic mass is 31.2. The molecule has 1 aliphatic rings. The minimum absolute atomic E-state index is 0.239. The van der Waals surface area contributed by atoms with Crippen LogP contribution in [0, 0.1) is 39.3 Å². The van der Waals surface area contributed by atoms with E-state index in [0.29, 0.717) is 0 Å². The lowest BCUT2D eigenvalue weighted by atomic mass is 10.1. The van der Waals surface area contributed by atoms with E-state index in [4.69, 9.17) is 0 Å². The fourth-order valence-corrected chi connectivity index (χ4v) is 13.5. The van der Waals surface area contributed by atoms with E-state index >= 15 is 8.78 Å². The Morgan fingerprint density at radius 3 is 1.39 bits per heavy atom. The van der Waals surface area contributed by atoms with Crippen LogP contribution in [0.3, 0.4) is 0 Å². The third-order valence-corrected chi connectivity index (χ3v) is 16.3. The van der Waals surface area contributed by atoms with Crippen molar-refractivity contribution >= 4 is 69.8 Å². The molecule has 49 heavy (non-hydrogen) atoms. The number of nitrogens with zero attached hydrogens (tertiary/aromatic N) is 2. The normalized spacial score (nSPS) is 17.3. The van der Waals surface area contributed by atoms with E-state index in [0.717, 1.165) is 66.2 Å². The molecule has 0 spiro atoms. The standard InChI is InChI=1S/C43H41F2N2P2/c1-28-14-18-40-36(22-28)46(5)38-24-30(3)16-20-42(38)49(7,35-13-9-11-33(45)27-35)43-21-17-31(4)25-39(43)47(6)37-23-29(2)15-19-41(37)48(40)34-12-8-10-32(44)26-34/h8-27H,1-7H3/q+1. The van der Waals surface area contributed by atoms with Crippen LogP contribution in [0.25, 0.3) is 0 Å². The van der Waals surface area contributed by atoms with E-state index in [1.54, 1.807) is 12.1 Å². The molecule has 0 saturated heterocycles. The van der Waals surface area contributed by atoms with Gasteiger partial charge < -0.3 is 9.80 Å².